The first-order valence-corrected chi connectivity index (χ1v) is 12.9. The summed E-state index contributed by atoms with van der Waals surface area (Å²) in [5.74, 6) is -1.47. The number of rotatable bonds is 10. The number of nitrogens with one attached hydrogen (secondary N) is 2. The van der Waals surface area contributed by atoms with E-state index in [1.807, 2.05) is 13.8 Å². The van der Waals surface area contributed by atoms with E-state index in [1.54, 1.807) is 58.0 Å². The van der Waals surface area contributed by atoms with Gasteiger partial charge in [0.05, 0.1) is 17.3 Å². The lowest BCUT2D eigenvalue weighted by molar-refractivity contribution is -0.141. The van der Waals surface area contributed by atoms with Gasteiger partial charge in [-0.2, -0.15) is 0 Å². The van der Waals surface area contributed by atoms with Crippen LogP contribution in [0.3, 0.4) is 0 Å². The molecule has 0 spiro atoms. The molecule has 10 heteroatoms. The standard InChI is InChI=1S/C28H38ClN3O6/c1-17(2)16-21(30-27(37)38-28(4,5)6)26(36)32(14-15-33)24(19-11-7-8-13-22(19)34)25(35)31-23-18(3)10-9-12-20(23)29/h7-13,17,21,24,33-34H,14-16H2,1-6H3,(H,30,37)(H,31,35). The Labute approximate surface area is 229 Å². The maximum atomic E-state index is 13.9. The maximum absolute atomic E-state index is 13.9. The summed E-state index contributed by atoms with van der Waals surface area (Å²) in [5.41, 5.74) is 0.426. The van der Waals surface area contributed by atoms with E-state index in [4.69, 9.17) is 16.3 Å². The summed E-state index contributed by atoms with van der Waals surface area (Å²) in [7, 11) is 0. The Kier molecular flexibility index (Phi) is 11.0. The summed E-state index contributed by atoms with van der Waals surface area (Å²) in [4.78, 5) is 41.5. The lowest BCUT2D eigenvalue weighted by Crippen LogP contribution is -2.53. The van der Waals surface area contributed by atoms with Crippen molar-refractivity contribution in [1.82, 2.24) is 10.2 Å². The smallest absolute Gasteiger partial charge is 0.408 e. The molecule has 4 N–H and O–H groups in total. The Hall–Kier alpha value is -3.30. The molecule has 0 fully saturated rings. The van der Waals surface area contributed by atoms with Crippen LogP contribution in [0.5, 0.6) is 5.75 Å². The highest BCUT2D eigenvalue weighted by molar-refractivity contribution is 6.34. The van der Waals surface area contributed by atoms with E-state index in [1.165, 1.54) is 12.1 Å². The van der Waals surface area contributed by atoms with Gasteiger partial charge >= 0.3 is 6.09 Å². The van der Waals surface area contributed by atoms with Crippen molar-refractivity contribution < 1.29 is 29.3 Å². The van der Waals surface area contributed by atoms with Crippen LogP contribution in [0.25, 0.3) is 0 Å². The van der Waals surface area contributed by atoms with Gasteiger partial charge in [0.2, 0.25) is 5.91 Å². The number of carbonyl (C=O) groups is 3. The molecule has 2 atom stereocenters. The third-order valence-electron chi connectivity index (χ3n) is 5.58. The van der Waals surface area contributed by atoms with Gasteiger partial charge in [-0.15, -0.1) is 0 Å². The molecule has 9 nitrogen and oxygen atoms in total. The van der Waals surface area contributed by atoms with Gasteiger partial charge in [-0.25, -0.2) is 4.79 Å². The molecule has 0 bridgehead atoms. The molecule has 2 rings (SSSR count). The fraction of sp³-hybridized carbons (Fsp3) is 0.464. The average molecular weight is 548 g/mol. The fourth-order valence-corrected chi connectivity index (χ4v) is 4.24. The molecule has 0 saturated carbocycles. The van der Waals surface area contributed by atoms with Gasteiger partial charge < -0.3 is 30.5 Å². The van der Waals surface area contributed by atoms with Crippen molar-refractivity contribution in [3.05, 3.63) is 58.6 Å². The third-order valence-corrected chi connectivity index (χ3v) is 5.90. The van der Waals surface area contributed by atoms with Crippen LogP contribution in [0.4, 0.5) is 10.5 Å². The molecule has 2 unspecified atom stereocenters. The zero-order chi connectivity index (χ0) is 28.6. The molecule has 2 aromatic carbocycles. The zero-order valence-electron chi connectivity index (χ0n) is 22.7. The van der Waals surface area contributed by atoms with Crippen LogP contribution in [0.2, 0.25) is 5.02 Å². The number of hydrogen-bond donors (Lipinski definition) is 4. The summed E-state index contributed by atoms with van der Waals surface area (Å²) < 4.78 is 5.35. The number of aryl methyl sites for hydroxylation is 1. The number of aliphatic hydroxyl groups is 1. The van der Waals surface area contributed by atoms with E-state index in [0.29, 0.717) is 16.3 Å². The summed E-state index contributed by atoms with van der Waals surface area (Å²) in [5, 5.41) is 26.3. The van der Waals surface area contributed by atoms with E-state index >= 15 is 0 Å². The Morgan fingerprint density at radius 1 is 1.08 bits per heavy atom. The molecular formula is C28H38ClN3O6. The monoisotopic (exact) mass is 547 g/mol. The van der Waals surface area contributed by atoms with Crippen molar-refractivity contribution in [3.63, 3.8) is 0 Å². The number of hydrogen-bond acceptors (Lipinski definition) is 6. The molecule has 3 amide bonds. The normalized spacial score (nSPS) is 13.0. The van der Waals surface area contributed by atoms with Gasteiger partial charge in [0.25, 0.3) is 5.91 Å². The lowest BCUT2D eigenvalue weighted by atomic mass is 9.98. The second kappa shape index (κ2) is 13.5. The number of benzene rings is 2. The van der Waals surface area contributed by atoms with Crippen LogP contribution in [-0.2, 0) is 14.3 Å². The number of phenolic OH excluding ortho intramolecular Hbond substituents is 1. The Morgan fingerprint density at radius 3 is 2.29 bits per heavy atom. The first-order valence-electron chi connectivity index (χ1n) is 12.5. The van der Waals surface area contributed by atoms with Crippen LogP contribution >= 0.6 is 11.6 Å². The molecule has 0 heterocycles. The van der Waals surface area contributed by atoms with Gasteiger partial charge in [0.1, 0.15) is 23.4 Å². The molecule has 2 aromatic rings. The van der Waals surface area contributed by atoms with E-state index < -0.39 is 42.2 Å². The first kappa shape index (κ1) is 30.9. The molecule has 0 saturated heterocycles. The molecule has 0 radical (unpaired) electrons. The lowest BCUT2D eigenvalue weighted by Gasteiger charge is -2.35. The number of para-hydroxylation sites is 2. The minimum absolute atomic E-state index is 0.00181. The topological polar surface area (TPSA) is 128 Å². The summed E-state index contributed by atoms with van der Waals surface area (Å²) >= 11 is 6.33. The van der Waals surface area contributed by atoms with Crippen molar-refractivity contribution in [1.29, 1.82) is 0 Å². The average Bonchev–Trinajstić information content (AvgIpc) is 2.80. The van der Waals surface area contributed by atoms with E-state index in [-0.39, 0.29) is 30.2 Å². The number of phenols is 1. The quantitative estimate of drug-likeness (QED) is 0.338. The van der Waals surface area contributed by atoms with Gasteiger partial charge in [-0.1, -0.05) is 55.8 Å². The minimum atomic E-state index is -1.35. The predicted octanol–water partition coefficient (Wildman–Crippen LogP) is 4.79. The van der Waals surface area contributed by atoms with E-state index in [9.17, 15) is 24.6 Å². The van der Waals surface area contributed by atoms with Crippen LogP contribution in [0.1, 0.15) is 58.2 Å². The Balaban J connectivity index is 2.55. The van der Waals surface area contributed by atoms with Gasteiger partial charge in [0, 0.05) is 12.1 Å². The second-order valence-corrected chi connectivity index (χ2v) is 10.9. The van der Waals surface area contributed by atoms with Crippen LogP contribution in [-0.4, -0.2) is 57.8 Å². The zero-order valence-corrected chi connectivity index (χ0v) is 23.5. The third kappa shape index (κ3) is 8.63. The van der Waals surface area contributed by atoms with Crippen molar-refractivity contribution in [2.75, 3.05) is 18.5 Å². The van der Waals surface area contributed by atoms with Gasteiger partial charge in [-0.05, 0) is 57.7 Å². The molecule has 0 aromatic heterocycles. The number of ether oxygens (including phenoxy) is 1. The predicted molar refractivity (Wildman–Crippen MR) is 147 cm³/mol. The van der Waals surface area contributed by atoms with Crippen molar-refractivity contribution in [2.24, 2.45) is 5.92 Å². The molecular weight excluding hydrogens is 510 g/mol. The van der Waals surface area contributed by atoms with Crippen LogP contribution < -0.4 is 10.6 Å². The minimum Gasteiger partial charge on any atom is -0.508 e. The number of nitrogens with zero attached hydrogens (tertiary/aromatic N) is 1. The van der Waals surface area contributed by atoms with Crippen LogP contribution in [0.15, 0.2) is 42.5 Å². The second-order valence-electron chi connectivity index (χ2n) is 10.5. The highest BCUT2D eigenvalue weighted by Gasteiger charge is 2.37. The van der Waals surface area contributed by atoms with Gasteiger partial charge in [-0.3, -0.25) is 9.59 Å². The number of alkyl carbamates (subject to hydrolysis) is 1. The summed E-state index contributed by atoms with van der Waals surface area (Å²) in [6.45, 7) is 9.97. The largest absolute Gasteiger partial charge is 0.508 e. The van der Waals surface area contributed by atoms with Crippen molar-refractivity contribution in [2.45, 2.75) is 65.6 Å². The number of amides is 3. The SMILES string of the molecule is Cc1cccc(Cl)c1NC(=O)C(c1ccccc1O)N(CCO)C(=O)C(CC(C)C)NC(=O)OC(C)(C)C. The molecule has 0 aliphatic carbocycles. The number of carbonyl (C=O) groups excluding carboxylic acids is 3. The first-order chi connectivity index (χ1) is 17.7. The highest BCUT2D eigenvalue weighted by Crippen LogP contribution is 2.33. The van der Waals surface area contributed by atoms with Crippen LogP contribution in [0, 0.1) is 12.8 Å². The van der Waals surface area contributed by atoms with Gasteiger partial charge in [0.15, 0.2) is 0 Å². The molecule has 0 aliphatic heterocycles. The van der Waals surface area contributed by atoms with E-state index in [2.05, 4.69) is 10.6 Å². The molecule has 0 aliphatic rings. The Bertz CT molecular complexity index is 1110. The number of anilines is 1. The summed E-state index contributed by atoms with van der Waals surface area (Å²) in [6, 6.07) is 8.89. The van der Waals surface area contributed by atoms with E-state index in [0.717, 1.165) is 4.90 Å². The highest BCUT2D eigenvalue weighted by atomic mass is 35.5. The van der Waals surface area contributed by atoms with Crippen molar-refractivity contribution in [3.8, 4) is 5.75 Å². The molecule has 208 valence electrons. The fourth-order valence-electron chi connectivity index (χ4n) is 3.97. The molecule has 38 heavy (non-hydrogen) atoms. The van der Waals surface area contributed by atoms with Crippen molar-refractivity contribution >= 4 is 35.2 Å². The number of aliphatic hydroxyl groups excluding tert-OH is 1. The maximum Gasteiger partial charge on any atom is 0.408 e. The summed E-state index contributed by atoms with van der Waals surface area (Å²) in [6.07, 6.45) is -0.533. The number of halogens is 1. The Morgan fingerprint density at radius 2 is 1.74 bits per heavy atom. The number of aromatic hydroxyl groups is 1.